The number of amides is 2. The maximum absolute atomic E-state index is 12.1. The van der Waals surface area contributed by atoms with E-state index in [1.54, 1.807) is 0 Å². The van der Waals surface area contributed by atoms with Crippen molar-refractivity contribution in [2.75, 3.05) is 0 Å². The number of hydrogen-bond acceptors (Lipinski definition) is 6. The fourth-order valence-electron chi connectivity index (χ4n) is 1.90. The zero-order chi connectivity index (χ0) is 21.9. The molecule has 0 saturated carbocycles. The van der Waals surface area contributed by atoms with Crippen LogP contribution in [0.2, 0.25) is 0 Å². The van der Waals surface area contributed by atoms with Crippen molar-refractivity contribution in [2.24, 2.45) is 10.2 Å². The van der Waals surface area contributed by atoms with E-state index >= 15 is 0 Å². The van der Waals surface area contributed by atoms with Crippen molar-refractivity contribution in [1.29, 1.82) is 0 Å². The zero-order valence-corrected chi connectivity index (χ0v) is 15.0. The number of nitrogens with one attached hydrogen (secondary N) is 2. The minimum absolute atomic E-state index is 0.0420. The molecule has 0 aliphatic rings. The summed E-state index contributed by atoms with van der Waals surface area (Å²) in [6, 6.07) is 10.8. The average Bonchev–Trinajstić information content (AvgIpc) is 2.69. The molecule has 2 aromatic carbocycles. The highest BCUT2D eigenvalue weighted by atomic mass is 19.3. The Morgan fingerprint density at radius 3 is 1.33 bits per heavy atom. The highest BCUT2D eigenvalue weighted by molar-refractivity contribution is 6.35. The van der Waals surface area contributed by atoms with Gasteiger partial charge in [0.15, 0.2) is 0 Å². The van der Waals surface area contributed by atoms with Crippen LogP contribution in [0.3, 0.4) is 0 Å². The Morgan fingerprint density at radius 1 is 0.700 bits per heavy atom. The highest BCUT2D eigenvalue weighted by Gasteiger charge is 2.11. The van der Waals surface area contributed by atoms with E-state index in [1.807, 2.05) is 10.9 Å². The molecular formula is C18H14F4N4O4. The average molecular weight is 426 g/mol. The van der Waals surface area contributed by atoms with Crippen LogP contribution >= 0.6 is 0 Å². The minimum atomic E-state index is -2.94. The lowest BCUT2D eigenvalue weighted by atomic mass is 10.2. The monoisotopic (exact) mass is 426 g/mol. The van der Waals surface area contributed by atoms with E-state index in [1.165, 1.54) is 61.0 Å². The van der Waals surface area contributed by atoms with E-state index in [2.05, 4.69) is 19.7 Å². The van der Waals surface area contributed by atoms with Crippen molar-refractivity contribution in [3.63, 3.8) is 0 Å². The van der Waals surface area contributed by atoms with Crippen molar-refractivity contribution >= 4 is 24.2 Å². The second-order valence-corrected chi connectivity index (χ2v) is 5.29. The smallest absolute Gasteiger partial charge is 0.387 e. The molecule has 8 nitrogen and oxygen atoms in total. The molecule has 0 atom stereocenters. The maximum Gasteiger partial charge on any atom is 0.387 e. The van der Waals surface area contributed by atoms with E-state index in [0.29, 0.717) is 11.1 Å². The van der Waals surface area contributed by atoms with Gasteiger partial charge in [-0.25, -0.2) is 10.9 Å². The Bertz CT molecular complexity index is 828. The molecule has 2 rings (SSSR count). The molecule has 0 spiro atoms. The van der Waals surface area contributed by atoms with Crippen molar-refractivity contribution in [1.82, 2.24) is 10.9 Å². The number of rotatable bonds is 8. The van der Waals surface area contributed by atoms with Crippen LogP contribution in [0.1, 0.15) is 11.1 Å². The standard InChI is InChI=1S/C18H14F4N4O4/c19-17(20)29-13-5-1-11(2-6-13)9-23-25-15(27)16(28)26-24-10-12-3-7-14(8-4-12)30-18(21)22/h1-10,17-18H,(H,25,27)(H,26,28). The molecule has 0 unspecified atom stereocenters. The fraction of sp³-hybridized carbons (Fsp3) is 0.111. The third-order valence-electron chi connectivity index (χ3n) is 3.18. The van der Waals surface area contributed by atoms with E-state index in [0.717, 1.165) is 0 Å². The Balaban J connectivity index is 1.78. The van der Waals surface area contributed by atoms with Gasteiger partial charge in [0.05, 0.1) is 12.4 Å². The van der Waals surface area contributed by atoms with Crippen LogP contribution in [0, 0.1) is 0 Å². The summed E-state index contributed by atoms with van der Waals surface area (Å²) >= 11 is 0. The van der Waals surface area contributed by atoms with Gasteiger partial charge in [-0.2, -0.15) is 27.8 Å². The summed E-state index contributed by atoms with van der Waals surface area (Å²) in [7, 11) is 0. The topological polar surface area (TPSA) is 101 Å². The summed E-state index contributed by atoms with van der Waals surface area (Å²) in [6.07, 6.45) is 2.37. The second-order valence-electron chi connectivity index (χ2n) is 5.29. The third kappa shape index (κ3) is 7.96. The Kier molecular flexibility index (Phi) is 8.29. The Hall–Kier alpha value is -3.96. The van der Waals surface area contributed by atoms with Crippen molar-refractivity contribution in [3.05, 3.63) is 59.7 Å². The molecule has 0 radical (unpaired) electrons. The number of hydrogen-bond donors (Lipinski definition) is 2. The van der Waals surface area contributed by atoms with E-state index in [4.69, 9.17) is 0 Å². The molecule has 0 bridgehead atoms. The molecule has 0 saturated heterocycles. The molecule has 2 aromatic rings. The van der Waals surface area contributed by atoms with Crippen LogP contribution in [0.5, 0.6) is 11.5 Å². The van der Waals surface area contributed by atoms with E-state index in [9.17, 15) is 27.2 Å². The summed E-state index contributed by atoms with van der Waals surface area (Å²) in [5.41, 5.74) is 4.82. The van der Waals surface area contributed by atoms with Gasteiger partial charge >= 0.3 is 25.0 Å². The predicted molar refractivity (Wildman–Crippen MR) is 97.6 cm³/mol. The third-order valence-corrected chi connectivity index (χ3v) is 3.18. The Labute approximate surface area is 167 Å². The summed E-state index contributed by atoms with van der Waals surface area (Å²) in [5, 5.41) is 7.10. The molecule has 2 amide bonds. The molecule has 0 aliphatic heterocycles. The van der Waals surface area contributed by atoms with Crippen LogP contribution < -0.4 is 20.3 Å². The van der Waals surface area contributed by atoms with Gasteiger partial charge in [-0.3, -0.25) is 9.59 Å². The normalized spacial score (nSPS) is 11.3. The molecule has 2 N–H and O–H groups in total. The largest absolute Gasteiger partial charge is 0.435 e. The Morgan fingerprint density at radius 2 is 1.03 bits per heavy atom. The molecule has 30 heavy (non-hydrogen) atoms. The van der Waals surface area contributed by atoms with Crippen LogP contribution in [0.25, 0.3) is 0 Å². The van der Waals surface area contributed by atoms with Crippen molar-refractivity contribution in [3.8, 4) is 11.5 Å². The number of ether oxygens (including phenoxy) is 2. The van der Waals surface area contributed by atoms with Crippen LogP contribution in [-0.4, -0.2) is 37.5 Å². The lowest BCUT2D eigenvalue weighted by molar-refractivity contribution is -0.139. The lowest BCUT2D eigenvalue weighted by Crippen LogP contribution is -2.35. The summed E-state index contributed by atoms with van der Waals surface area (Å²) < 4.78 is 56.6. The molecule has 0 fully saturated rings. The first-order chi connectivity index (χ1) is 14.3. The van der Waals surface area contributed by atoms with Crippen molar-refractivity contribution < 1.29 is 36.6 Å². The quantitative estimate of drug-likeness (QED) is 0.293. The first kappa shape index (κ1) is 22.3. The minimum Gasteiger partial charge on any atom is -0.435 e. The van der Waals surface area contributed by atoms with E-state index in [-0.39, 0.29) is 11.5 Å². The number of alkyl halides is 4. The van der Waals surface area contributed by atoms with Gasteiger partial charge in [-0.05, 0) is 59.7 Å². The highest BCUT2D eigenvalue weighted by Crippen LogP contribution is 2.14. The van der Waals surface area contributed by atoms with Gasteiger partial charge < -0.3 is 9.47 Å². The van der Waals surface area contributed by atoms with Gasteiger partial charge in [0.25, 0.3) is 0 Å². The number of benzene rings is 2. The molecule has 0 aliphatic carbocycles. The predicted octanol–water partition coefficient (Wildman–Crippen LogP) is 2.49. The van der Waals surface area contributed by atoms with Gasteiger partial charge in [-0.15, -0.1) is 0 Å². The summed E-state index contributed by atoms with van der Waals surface area (Å²) in [6.45, 7) is -5.88. The zero-order valence-electron chi connectivity index (χ0n) is 15.0. The van der Waals surface area contributed by atoms with Crippen LogP contribution in [-0.2, 0) is 9.59 Å². The summed E-state index contributed by atoms with van der Waals surface area (Å²) in [4.78, 5) is 23.2. The van der Waals surface area contributed by atoms with Gasteiger partial charge in [0, 0.05) is 0 Å². The van der Waals surface area contributed by atoms with Gasteiger partial charge in [-0.1, -0.05) is 0 Å². The van der Waals surface area contributed by atoms with Crippen LogP contribution in [0.15, 0.2) is 58.7 Å². The number of carbonyl (C=O) groups excluding carboxylic acids is 2. The molecule has 158 valence electrons. The van der Waals surface area contributed by atoms with Crippen LogP contribution in [0.4, 0.5) is 17.6 Å². The van der Waals surface area contributed by atoms with Crippen molar-refractivity contribution in [2.45, 2.75) is 13.2 Å². The van der Waals surface area contributed by atoms with Gasteiger partial charge in [0.2, 0.25) is 0 Å². The fourth-order valence-corrected chi connectivity index (χ4v) is 1.90. The van der Waals surface area contributed by atoms with E-state index < -0.39 is 25.0 Å². The number of nitrogens with zero attached hydrogens (tertiary/aromatic N) is 2. The molecule has 0 aromatic heterocycles. The first-order valence-corrected chi connectivity index (χ1v) is 8.09. The lowest BCUT2D eigenvalue weighted by Gasteiger charge is -2.04. The summed E-state index contributed by atoms with van der Waals surface area (Å²) in [5.74, 6) is -2.30. The second kappa shape index (κ2) is 11.1. The molecule has 12 heteroatoms. The number of halogens is 4. The molecule has 0 heterocycles. The molecular weight excluding hydrogens is 412 g/mol. The SMILES string of the molecule is O=C(NN=Cc1ccc(OC(F)F)cc1)C(=O)NN=Cc1ccc(OC(F)F)cc1. The first-order valence-electron chi connectivity index (χ1n) is 8.09. The number of hydrazone groups is 2. The maximum atomic E-state index is 12.1. The van der Waals surface area contributed by atoms with Gasteiger partial charge in [0.1, 0.15) is 11.5 Å². The number of carbonyl (C=O) groups is 2.